The number of hydrogen-bond acceptors (Lipinski definition) is 2. The number of rotatable bonds is 2. The molecule has 0 bridgehead atoms. The summed E-state index contributed by atoms with van der Waals surface area (Å²) >= 11 is 3.57. The van der Waals surface area contributed by atoms with Gasteiger partial charge in [-0.15, -0.1) is 0 Å². The predicted molar refractivity (Wildman–Crippen MR) is 88.9 cm³/mol. The third kappa shape index (κ3) is 2.62. The summed E-state index contributed by atoms with van der Waals surface area (Å²) < 4.78 is 3.22. The van der Waals surface area contributed by atoms with Gasteiger partial charge in [-0.3, -0.25) is 0 Å². The molecule has 0 aliphatic carbocycles. The van der Waals surface area contributed by atoms with E-state index in [4.69, 9.17) is 10.7 Å². The molecule has 0 radical (unpaired) electrons. The van der Waals surface area contributed by atoms with E-state index in [9.17, 15) is 0 Å². The van der Waals surface area contributed by atoms with Crippen LogP contribution < -0.4 is 5.73 Å². The highest BCUT2D eigenvalue weighted by molar-refractivity contribution is 9.10. The van der Waals surface area contributed by atoms with Crippen LogP contribution in [0.25, 0.3) is 11.3 Å². The Labute approximate surface area is 129 Å². The number of imidazole rings is 1. The van der Waals surface area contributed by atoms with Gasteiger partial charge in [0.2, 0.25) is 0 Å². The van der Waals surface area contributed by atoms with Crippen LogP contribution in [-0.4, -0.2) is 9.55 Å². The molecule has 0 saturated heterocycles. The maximum atomic E-state index is 6.37. The third-order valence-corrected chi connectivity index (χ3v) is 4.27. The van der Waals surface area contributed by atoms with Crippen LogP contribution in [0, 0.1) is 6.92 Å². The molecule has 1 aromatic heterocycles. The standard InChI is InChI=1S/C16H22BrN3/c1-6-13-19-14(15(18)20(13)16(3,4)5)11-8-7-10(2)12(17)9-11/h7-9H,6,18H2,1-5H3. The Balaban J connectivity index is 2.64. The molecule has 1 aromatic carbocycles. The van der Waals surface area contributed by atoms with Crippen LogP contribution >= 0.6 is 15.9 Å². The molecule has 2 rings (SSSR count). The number of aromatic nitrogens is 2. The van der Waals surface area contributed by atoms with E-state index in [1.165, 1.54) is 5.56 Å². The molecule has 2 N–H and O–H groups in total. The van der Waals surface area contributed by atoms with E-state index in [0.717, 1.165) is 33.8 Å². The Morgan fingerprint density at radius 3 is 2.40 bits per heavy atom. The Hall–Kier alpha value is -1.29. The zero-order valence-electron chi connectivity index (χ0n) is 12.8. The fourth-order valence-electron chi connectivity index (χ4n) is 2.42. The first-order valence-electron chi connectivity index (χ1n) is 6.89. The minimum atomic E-state index is -0.0669. The van der Waals surface area contributed by atoms with Gasteiger partial charge in [-0.05, 0) is 39.3 Å². The van der Waals surface area contributed by atoms with Gasteiger partial charge in [0.25, 0.3) is 0 Å². The van der Waals surface area contributed by atoms with Crippen LogP contribution in [0.2, 0.25) is 0 Å². The molecule has 0 saturated carbocycles. The minimum absolute atomic E-state index is 0.0669. The van der Waals surface area contributed by atoms with Crippen molar-refractivity contribution in [3.8, 4) is 11.3 Å². The summed E-state index contributed by atoms with van der Waals surface area (Å²) in [5, 5.41) is 0. The fraction of sp³-hybridized carbons (Fsp3) is 0.438. The van der Waals surface area contributed by atoms with Gasteiger partial charge in [-0.1, -0.05) is 35.0 Å². The van der Waals surface area contributed by atoms with E-state index >= 15 is 0 Å². The normalized spacial score (nSPS) is 11.9. The van der Waals surface area contributed by atoms with Crippen molar-refractivity contribution in [3.05, 3.63) is 34.1 Å². The van der Waals surface area contributed by atoms with Crippen molar-refractivity contribution >= 4 is 21.7 Å². The quantitative estimate of drug-likeness (QED) is 0.876. The lowest BCUT2D eigenvalue weighted by atomic mass is 10.1. The monoisotopic (exact) mass is 335 g/mol. The molecule has 0 fully saturated rings. The molecule has 0 unspecified atom stereocenters. The van der Waals surface area contributed by atoms with Crippen molar-refractivity contribution in [1.29, 1.82) is 0 Å². The summed E-state index contributed by atoms with van der Waals surface area (Å²) in [5.74, 6) is 1.77. The van der Waals surface area contributed by atoms with Crippen molar-refractivity contribution in [1.82, 2.24) is 9.55 Å². The van der Waals surface area contributed by atoms with Crippen molar-refractivity contribution in [2.45, 2.75) is 46.6 Å². The number of nitrogens with two attached hydrogens (primary N) is 1. The second kappa shape index (κ2) is 5.24. The highest BCUT2D eigenvalue weighted by Gasteiger charge is 2.23. The summed E-state index contributed by atoms with van der Waals surface area (Å²) in [5.41, 5.74) is 9.44. The number of hydrogen-bond donors (Lipinski definition) is 1. The minimum Gasteiger partial charge on any atom is -0.383 e. The van der Waals surface area contributed by atoms with Gasteiger partial charge in [0.15, 0.2) is 0 Å². The summed E-state index contributed by atoms with van der Waals surface area (Å²) in [6.45, 7) is 10.6. The van der Waals surface area contributed by atoms with E-state index in [0.29, 0.717) is 0 Å². The van der Waals surface area contributed by atoms with Gasteiger partial charge >= 0.3 is 0 Å². The molecular formula is C16H22BrN3. The summed E-state index contributed by atoms with van der Waals surface area (Å²) in [4.78, 5) is 4.75. The van der Waals surface area contributed by atoms with Gasteiger partial charge in [0.1, 0.15) is 17.3 Å². The fourth-order valence-corrected chi connectivity index (χ4v) is 2.80. The number of nitrogens with zero attached hydrogens (tertiary/aromatic N) is 2. The van der Waals surface area contributed by atoms with E-state index in [1.807, 2.05) is 0 Å². The highest BCUT2D eigenvalue weighted by atomic mass is 79.9. The van der Waals surface area contributed by atoms with Gasteiger partial charge in [-0.25, -0.2) is 4.98 Å². The highest BCUT2D eigenvalue weighted by Crippen LogP contribution is 2.33. The van der Waals surface area contributed by atoms with E-state index in [-0.39, 0.29) is 5.54 Å². The number of benzene rings is 1. The zero-order chi connectivity index (χ0) is 15.1. The van der Waals surface area contributed by atoms with Gasteiger partial charge in [-0.2, -0.15) is 0 Å². The van der Waals surface area contributed by atoms with Gasteiger partial charge in [0.05, 0.1) is 0 Å². The maximum Gasteiger partial charge on any atom is 0.132 e. The second-order valence-electron chi connectivity index (χ2n) is 6.09. The lowest BCUT2D eigenvalue weighted by molar-refractivity contribution is 0.389. The van der Waals surface area contributed by atoms with Crippen LogP contribution in [0.3, 0.4) is 0 Å². The molecule has 108 valence electrons. The van der Waals surface area contributed by atoms with Crippen LogP contribution in [0.15, 0.2) is 22.7 Å². The third-order valence-electron chi connectivity index (χ3n) is 3.41. The summed E-state index contributed by atoms with van der Waals surface area (Å²) in [6, 6.07) is 6.24. The Morgan fingerprint density at radius 1 is 1.30 bits per heavy atom. The van der Waals surface area contributed by atoms with Crippen molar-refractivity contribution in [2.75, 3.05) is 5.73 Å². The van der Waals surface area contributed by atoms with Crippen molar-refractivity contribution in [3.63, 3.8) is 0 Å². The Kier molecular flexibility index (Phi) is 3.96. The van der Waals surface area contributed by atoms with Crippen LogP contribution in [0.4, 0.5) is 5.82 Å². The average Bonchev–Trinajstić information content (AvgIpc) is 2.69. The molecule has 0 atom stereocenters. The molecule has 1 heterocycles. The van der Waals surface area contributed by atoms with Crippen molar-refractivity contribution in [2.24, 2.45) is 0 Å². The zero-order valence-corrected chi connectivity index (χ0v) is 14.4. The first-order chi connectivity index (χ1) is 9.25. The molecule has 3 nitrogen and oxygen atoms in total. The number of anilines is 1. The smallest absolute Gasteiger partial charge is 0.132 e. The summed E-state index contributed by atoms with van der Waals surface area (Å²) in [6.07, 6.45) is 0.870. The van der Waals surface area contributed by atoms with E-state index < -0.39 is 0 Å². The van der Waals surface area contributed by atoms with Gasteiger partial charge in [0, 0.05) is 22.0 Å². The van der Waals surface area contributed by atoms with E-state index in [2.05, 4.69) is 73.3 Å². The second-order valence-corrected chi connectivity index (χ2v) is 6.94. The molecule has 0 spiro atoms. The predicted octanol–water partition coefficient (Wildman–Crippen LogP) is 4.52. The number of aryl methyl sites for hydroxylation is 2. The van der Waals surface area contributed by atoms with Crippen LogP contribution in [0.1, 0.15) is 39.1 Å². The maximum absolute atomic E-state index is 6.37. The first-order valence-corrected chi connectivity index (χ1v) is 7.69. The lowest BCUT2D eigenvalue weighted by Crippen LogP contribution is -2.25. The van der Waals surface area contributed by atoms with Crippen LogP contribution in [-0.2, 0) is 12.0 Å². The average molecular weight is 336 g/mol. The SMILES string of the molecule is CCc1nc(-c2ccc(C)c(Br)c2)c(N)n1C(C)(C)C. The van der Waals surface area contributed by atoms with E-state index in [1.54, 1.807) is 0 Å². The Morgan fingerprint density at radius 2 is 1.95 bits per heavy atom. The molecule has 0 aliphatic rings. The topological polar surface area (TPSA) is 43.8 Å². The summed E-state index contributed by atoms with van der Waals surface area (Å²) in [7, 11) is 0. The largest absolute Gasteiger partial charge is 0.383 e. The number of nitrogen functional groups attached to an aromatic ring is 1. The van der Waals surface area contributed by atoms with Crippen molar-refractivity contribution < 1.29 is 0 Å². The molecule has 0 aliphatic heterocycles. The van der Waals surface area contributed by atoms with Crippen LogP contribution in [0.5, 0.6) is 0 Å². The lowest BCUT2D eigenvalue weighted by Gasteiger charge is -2.24. The Bertz CT molecular complexity index is 636. The molecule has 4 heteroatoms. The molecular weight excluding hydrogens is 314 g/mol. The number of halogens is 1. The first kappa shape index (κ1) is 15.1. The molecule has 2 aromatic rings. The molecule has 20 heavy (non-hydrogen) atoms. The molecule has 0 amide bonds. The van der Waals surface area contributed by atoms with Gasteiger partial charge < -0.3 is 10.3 Å².